The number of ether oxygens (including phenoxy) is 1. The van der Waals surface area contributed by atoms with Crippen LogP contribution >= 0.6 is 0 Å². The maximum Gasteiger partial charge on any atom is 0.121 e. The average Bonchev–Trinajstić information content (AvgIpc) is 3.31. The molecule has 1 heterocycles. The lowest BCUT2D eigenvalue weighted by Crippen LogP contribution is -2.48. The molecule has 1 saturated carbocycles. The predicted molar refractivity (Wildman–Crippen MR) is 83.5 cm³/mol. The van der Waals surface area contributed by atoms with Crippen molar-refractivity contribution in [3.63, 3.8) is 0 Å². The van der Waals surface area contributed by atoms with Gasteiger partial charge in [-0.3, -0.25) is 4.98 Å². The number of aliphatic hydroxyl groups is 1. The highest BCUT2D eigenvalue weighted by molar-refractivity contribution is 5.79. The average molecular weight is 286 g/mol. The van der Waals surface area contributed by atoms with Crippen LogP contribution in [-0.4, -0.2) is 34.9 Å². The fraction of sp³-hybridized carbons (Fsp3) is 0.471. The van der Waals surface area contributed by atoms with E-state index in [9.17, 15) is 5.11 Å². The Kier molecular flexibility index (Phi) is 4.08. The Morgan fingerprint density at radius 1 is 1.38 bits per heavy atom. The predicted octanol–water partition coefficient (Wildman–Crippen LogP) is 2.51. The van der Waals surface area contributed by atoms with Crippen molar-refractivity contribution in [2.45, 2.75) is 37.8 Å². The van der Waals surface area contributed by atoms with Crippen LogP contribution < -0.4 is 10.1 Å². The largest absolute Gasteiger partial charge is 0.493 e. The highest BCUT2D eigenvalue weighted by atomic mass is 16.5. The standard InChI is InChI=1S/C17H22N2O2/c1-17(12-20,19-14-5-6-14)8-10-21-15-7-4-13-3-2-9-18-16(13)11-15/h2-4,7,9,11,14,19-20H,5-6,8,10,12H2,1H3. The summed E-state index contributed by atoms with van der Waals surface area (Å²) in [6.07, 6.45) is 4.99. The number of hydrogen-bond donors (Lipinski definition) is 2. The van der Waals surface area contributed by atoms with Crippen molar-refractivity contribution in [1.82, 2.24) is 10.3 Å². The van der Waals surface area contributed by atoms with Crippen molar-refractivity contribution in [2.24, 2.45) is 0 Å². The van der Waals surface area contributed by atoms with Gasteiger partial charge in [0.25, 0.3) is 0 Å². The molecule has 2 aromatic rings. The molecule has 0 amide bonds. The third-order valence-corrected chi connectivity index (χ3v) is 3.98. The molecule has 0 bridgehead atoms. The molecule has 21 heavy (non-hydrogen) atoms. The molecular weight excluding hydrogens is 264 g/mol. The van der Waals surface area contributed by atoms with Crippen molar-refractivity contribution >= 4 is 10.9 Å². The Balaban J connectivity index is 1.57. The van der Waals surface area contributed by atoms with Gasteiger partial charge in [-0.15, -0.1) is 0 Å². The van der Waals surface area contributed by atoms with E-state index in [0.29, 0.717) is 12.6 Å². The third-order valence-electron chi connectivity index (χ3n) is 3.98. The summed E-state index contributed by atoms with van der Waals surface area (Å²) in [6.45, 7) is 2.76. The quantitative estimate of drug-likeness (QED) is 0.821. The summed E-state index contributed by atoms with van der Waals surface area (Å²) in [5.41, 5.74) is 0.687. The van der Waals surface area contributed by atoms with E-state index in [1.807, 2.05) is 30.3 Å². The molecule has 1 unspecified atom stereocenters. The molecule has 4 nitrogen and oxygen atoms in total. The van der Waals surface area contributed by atoms with Gasteiger partial charge < -0.3 is 15.2 Å². The highest BCUT2D eigenvalue weighted by Crippen LogP contribution is 2.24. The molecule has 1 aliphatic rings. The second-order valence-electron chi connectivity index (χ2n) is 6.09. The third kappa shape index (κ3) is 3.71. The first-order valence-electron chi connectivity index (χ1n) is 7.55. The number of nitrogens with one attached hydrogen (secondary N) is 1. The maximum atomic E-state index is 9.57. The molecule has 2 N–H and O–H groups in total. The number of aliphatic hydroxyl groups excluding tert-OH is 1. The van der Waals surface area contributed by atoms with Crippen molar-refractivity contribution in [2.75, 3.05) is 13.2 Å². The van der Waals surface area contributed by atoms with E-state index in [4.69, 9.17) is 4.74 Å². The van der Waals surface area contributed by atoms with Crippen LogP contribution in [0.2, 0.25) is 0 Å². The minimum atomic E-state index is -0.254. The Morgan fingerprint density at radius 2 is 2.24 bits per heavy atom. The minimum absolute atomic E-state index is 0.131. The van der Waals surface area contributed by atoms with E-state index < -0.39 is 0 Å². The first-order valence-corrected chi connectivity index (χ1v) is 7.55. The lowest BCUT2D eigenvalue weighted by atomic mass is 9.99. The van der Waals surface area contributed by atoms with Gasteiger partial charge in [0, 0.05) is 35.7 Å². The molecule has 1 atom stereocenters. The first kappa shape index (κ1) is 14.3. The molecule has 0 saturated heterocycles. The van der Waals surface area contributed by atoms with Gasteiger partial charge >= 0.3 is 0 Å². The normalized spacial score (nSPS) is 17.6. The fourth-order valence-corrected chi connectivity index (χ4v) is 2.45. The molecule has 0 radical (unpaired) electrons. The Labute approximate surface area is 125 Å². The summed E-state index contributed by atoms with van der Waals surface area (Å²) >= 11 is 0. The minimum Gasteiger partial charge on any atom is -0.493 e. The van der Waals surface area contributed by atoms with Crippen molar-refractivity contribution in [3.05, 3.63) is 36.5 Å². The first-order chi connectivity index (χ1) is 10.2. The number of aromatic nitrogens is 1. The Bertz CT molecular complexity index is 613. The molecule has 0 aliphatic heterocycles. The number of hydrogen-bond acceptors (Lipinski definition) is 4. The van der Waals surface area contributed by atoms with Crippen LogP contribution in [0.25, 0.3) is 10.9 Å². The zero-order valence-electron chi connectivity index (χ0n) is 12.4. The molecular formula is C17H22N2O2. The van der Waals surface area contributed by atoms with Crippen LogP contribution in [-0.2, 0) is 0 Å². The van der Waals surface area contributed by atoms with Gasteiger partial charge in [-0.05, 0) is 38.0 Å². The molecule has 1 aliphatic carbocycles. The van der Waals surface area contributed by atoms with Gasteiger partial charge in [-0.2, -0.15) is 0 Å². The molecule has 3 rings (SSSR count). The van der Waals surface area contributed by atoms with Gasteiger partial charge in [0.05, 0.1) is 18.7 Å². The molecule has 1 aromatic carbocycles. The SMILES string of the molecule is CC(CO)(CCOc1ccc2cccnc2c1)NC1CC1. The molecule has 0 spiro atoms. The second kappa shape index (κ2) is 6.00. The number of rotatable bonds is 7. The number of pyridine rings is 1. The van der Waals surface area contributed by atoms with Crippen molar-refractivity contribution in [3.8, 4) is 5.75 Å². The van der Waals surface area contributed by atoms with Crippen LogP contribution in [0, 0.1) is 0 Å². The summed E-state index contributed by atoms with van der Waals surface area (Å²) in [6, 6.07) is 10.5. The lowest BCUT2D eigenvalue weighted by Gasteiger charge is -2.29. The lowest BCUT2D eigenvalue weighted by molar-refractivity contribution is 0.142. The number of benzene rings is 1. The van der Waals surface area contributed by atoms with E-state index in [-0.39, 0.29) is 12.1 Å². The van der Waals surface area contributed by atoms with Gasteiger partial charge in [-0.25, -0.2) is 0 Å². The summed E-state index contributed by atoms with van der Waals surface area (Å²) in [4.78, 5) is 4.33. The maximum absolute atomic E-state index is 9.57. The zero-order valence-corrected chi connectivity index (χ0v) is 12.4. The van der Waals surface area contributed by atoms with E-state index in [1.165, 1.54) is 12.8 Å². The van der Waals surface area contributed by atoms with Crippen LogP contribution in [0.15, 0.2) is 36.5 Å². The van der Waals surface area contributed by atoms with Gasteiger partial charge in [0.15, 0.2) is 0 Å². The van der Waals surface area contributed by atoms with Gasteiger partial charge in [0.1, 0.15) is 5.75 Å². The Hall–Kier alpha value is -1.65. The van der Waals surface area contributed by atoms with Crippen LogP contribution in [0.4, 0.5) is 0 Å². The van der Waals surface area contributed by atoms with Crippen LogP contribution in [0.3, 0.4) is 0 Å². The summed E-state index contributed by atoms with van der Waals surface area (Å²) in [5, 5.41) is 14.2. The van der Waals surface area contributed by atoms with Crippen molar-refractivity contribution in [1.29, 1.82) is 0 Å². The summed E-state index contributed by atoms with van der Waals surface area (Å²) in [5.74, 6) is 0.827. The zero-order chi connectivity index (χ0) is 14.7. The smallest absolute Gasteiger partial charge is 0.121 e. The molecule has 1 aromatic heterocycles. The fourth-order valence-electron chi connectivity index (χ4n) is 2.45. The van der Waals surface area contributed by atoms with Crippen molar-refractivity contribution < 1.29 is 9.84 Å². The molecule has 112 valence electrons. The molecule has 1 fully saturated rings. The van der Waals surface area contributed by atoms with Crippen LogP contribution in [0.1, 0.15) is 26.2 Å². The van der Waals surface area contributed by atoms with E-state index in [2.05, 4.69) is 17.2 Å². The Morgan fingerprint density at radius 3 is 3.00 bits per heavy atom. The number of nitrogens with zero attached hydrogens (tertiary/aromatic N) is 1. The van der Waals surface area contributed by atoms with Crippen LogP contribution in [0.5, 0.6) is 5.75 Å². The molecule has 4 heteroatoms. The van der Waals surface area contributed by atoms with E-state index in [1.54, 1.807) is 6.20 Å². The topological polar surface area (TPSA) is 54.4 Å². The monoisotopic (exact) mass is 286 g/mol. The highest BCUT2D eigenvalue weighted by Gasteiger charge is 2.31. The van der Waals surface area contributed by atoms with Gasteiger partial charge in [0.2, 0.25) is 0 Å². The van der Waals surface area contributed by atoms with E-state index >= 15 is 0 Å². The number of fused-ring (bicyclic) bond motifs is 1. The summed E-state index contributed by atoms with van der Waals surface area (Å²) < 4.78 is 5.82. The second-order valence-corrected chi connectivity index (χ2v) is 6.09. The van der Waals surface area contributed by atoms with Gasteiger partial charge in [-0.1, -0.05) is 6.07 Å². The van der Waals surface area contributed by atoms with E-state index in [0.717, 1.165) is 23.1 Å². The summed E-state index contributed by atoms with van der Waals surface area (Å²) in [7, 11) is 0.